The predicted octanol–water partition coefficient (Wildman–Crippen LogP) is 3.21. The Morgan fingerprint density at radius 2 is 2.00 bits per heavy atom. The topological polar surface area (TPSA) is 37.3 Å². The second-order valence-electron chi connectivity index (χ2n) is 3.43. The van der Waals surface area contributed by atoms with Crippen LogP contribution >= 0.6 is 11.3 Å². The lowest BCUT2D eigenvalue weighted by molar-refractivity contribution is 1.22. The molecule has 0 radical (unpaired) electrons. The fraction of sp³-hybridized carbons (Fsp3) is 0.167. The van der Waals surface area contributed by atoms with Gasteiger partial charge in [-0.2, -0.15) is 5.10 Å². The molecule has 3 nitrogen and oxygen atoms in total. The van der Waals surface area contributed by atoms with E-state index in [1.165, 1.54) is 4.88 Å². The van der Waals surface area contributed by atoms with E-state index < -0.39 is 0 Å². The quantitative estimate of drug-likeness (QED) is 0.650. The maximum atomic E-state index is 4.37. The van der Waals surface area contributed by atoms with Crippen LogP contribution in [0.15, 0.2) is 35.4 Å². The summed E-state index contributed by atoms with van der Waals surface area (Å²) in [7, 11) is 0. The fourth-order valence-corrected chi connectivity index (χ4v) is 2.02. The van der Waals surface area contributed by atoms with E-state index in [4.69, 9.17) is 0 Å². The third kappa shape index (κ3) is 2.67. The van der Waals surface area contributed by atoms with Crippen LogP contribution in [-0.4, -0.2) is 11.2 Å². The number of benzene rings is 1. The van der Waals surface area contributed by atoms with Gasteiger partial charge in [-0.3, -0.25) is 5.43 Å². The molecule has 0 saturated carbocycles. The molecule has 0 unspecified atom stereocenters. The van der Waals surface area contributed by atoms with Gasteiger partial charge < -0.3 is 0 Å². The third-order valence-corrected chi connectivity index (χ3v) is 3.19. The van der Waals surface area contributed by atoms with E-state index in [1.54, 1.807) is 17.6 Å². The molecular weight excluding hydrogens is 218 g/mol. The zero-order valence-electron chi connectivity index (χ0n) is 9.27. The SMILES string of the molecule is Cc1nc(C=NNc2ccccc2)sc1C. The number of rotatable bonds is 3. The number of anilines is 1. The summed E-state index contributed by atoms with van der Waals surface area (Å²) < 4.78 is 0. The molecule has 4 heteroatoms. The van der Waals surface area contributed by atoms with E-state index in [0.29, 0.717) is 0 Å². The number of nitrogens with one attached hydrogen (secondary N) is 1. The van der Waals surface area contributed by atoms with Crippen LogP contribution in [0.1, 0.15) is 15.6 Å². The van der Waals surface area contributed by atoms with Crippen LogP contribution < -0.4 is 5.43 Å². The van der Waals surface area contributed by atoms with Crippen LogP contribution in [0.25, 0.3) is 0 Å². The van der Waals surface area contributed by atoms with Gasteiger partial charge in [0.15, 0.2) is 0 Å². The van der Waals surface area contributed by atoms with Crippen molar-refractivity contribution in [2.24, 2.45) is 5.10 Å². The minimum atomic E-state index is 0.929. The van der Waals surface area contributed by atoms with Gasteiger partial charge in [0.25, 0.3) is 0 Å². The molecule has 0 bridgehead atoms. The van der Waals surface area contributed by atoms with Crippen molar-refractivity contribution in [3.05, 3.63) is 45.9 Å². The summed E-state index contributed by atoms with van der Waals surface area (Å²) in [6.07, 6.45) is 1.75. The van der Waals surface area contributed by atoms with Crippen molar-refractivity contribution in [2.45, 2.75) is 13.8 Å². The van der Waals surface area contributed by atoms with Crippen LogP contribution in [0.4, 0.5) is 5.69 Å². The highest BCUT2D eigenvalue weighted by molar-refractivity contribution is 7.13. The van der Waals surface area contributed by atoms with Crippen LogP contribution in [0, 0.1) is 13.8 Å². The van der Waals surface area contributed by atoms with Crippen molar-refractivity contribution in [2.75, 3.05) is 5.43 Å². The first-order valence-corrected chi connectivity index (χ1v) is 5.85. The molecule has 0 fully saturated rings. The van der Waals surface area contributed by atoms with Gasteiger partial charge >= 0.3 is 0 Å². The molecular formula is C12H13N3S. The largest absolute Gasteiger partial charge is 0.278 e. The first kappa shape index (κ1) is 10.8. The first-order valence-electron chi connectivity index (χ1n) is 5.04. The summed E-state index contributed by atoms with van der Waals surface area (Å²) in [4.78, 5) is 5.61. The Hall–Kier alpha value is -1.68. The first-order chi connectivity index (χ1) is 7.75. The van der Waals surface area contributed by atoms with Crippen molar-refractivity contribution < 1.29 is 0 Å². The lowest BCUT2D eigenvalue weighted by atomic mass is 10.3. The molecule has 1 aromatic heterocycles. The Bertz CT molecular complexity index is 469. The fourth-order valence-electron chi connectivity index (χ4n) is 1.23. The molecule has 0 spiro atoms. The second kappa shape index (κ2) is 4.90. The van der Waals surface area contributed by atoms with Crippen LogP contribution in [0.2, 0.25) is 0 Å². The van der Waals surface area contributed by atoms with E-state index in [2.05, 4.69) is 22.4 Å². The number of thiazole rings is 1. The Labute approximate surface area is 98.9 Å². The Morgan fingerprint density at radius 3 is 2.62 bits per heavy atom. The van der Waals surface area contributed by atoms with Gasteiger partial charge in [0.2, 0.25) is 0 Å². The zero-order valence-corrected chi connectivity index (χ0v) is 10.1. The van der Waals surface area contributed by atoms with Gasteiger partial charge in [-0.25, -0.2) is 4.98 Å². The zero-order chi connectivity index (χ0) is 11.4. The van der Waals surface area contributed by atoms with Gasteiger partial charge in [0.05, 0.1) is 17.6 Å². The van der Waals surface area contributed by atoms with Crippen LogP contribution in [0.5, 0.6) is 0 Å². The molecule has 0 aliphatic heterocycles. The van der Waals surface area contributed by atoms with Crippen molar-refractivity contribution in [3.63, 3.8) is 0 Å². The number of hydrazone groups is 1. The van der Waals surface area contributed by atoms with E-state index in [1.807, 2.05) is 37.3 Å². The van der Waals surface area contributed by atoms with Gasteiger partial charge in [0, 0.05) is 4.88 Å². The lowest BCUT2D eigenvalue weighted by Crippen LogP contribution is -1.89. The molecule has 82 valence electrons. The van der Waals surface area contributed by atoms with E-state index >= 15 is 0 Å². The predicted molar refractivity (Wildman–Crippen MR) is 69.2 cm³/mol. The smallest absolute Gasteiger partial charge is 0.136 e. The summed E-state index contributed by atoms with van der Waals surface area (Å²) in [5.74, 6) is 0. The maximum absolute atomic E-state index is 4.37. The number of para-hydroxylation sites is 1. The van der Waals surface area contributed by atoms with Gasteiger partial charge in [-0.15, -0.1) is 11.3 Å². The van der Waals surface area contributed by atoms with Crippen molar-refractivity contribution >= 4 is 23.2 Å². The minimum Gasteiger partial charge on any atom is -0.278 e. The molecule has 1 heterocycles. The van der Waals surface area contributed by atoms with Crippen molar-refractivity contribution in [3.8, 4) is 0 Å². The van der Waals surface area contributed by atoms with E-state index in [9.17, 15) is 0 Å². The summed E-state index contributed by atoms with van der Waals surface area (Å²) >= 11 is 1.65. The second-order valence-corrected chi connectivity index (χ2v) is 4.66. The summed E-state index contributed by atoms with van der Waals surface area (Å²) in [5.41, 5.74) is 5.01. The molecule has 0 atom stereocenters. The summed E-state index contributed by atoms with van der Waals surface area (Å²) in [5, 5.41) is 5.07. The molecule has 0 saturated heterocycles. The Balaban J connectivity index is 2.00. The van der Waals surface area contributed by atoms with Crippen molar-refractivity contribution in [1.82, 2.24) is 4.98 Å². The number of aryl methyl sites for hydroxylation is 2. The monoisotopic (exact) mass is 231 g/mol. The highest BCUT2D eigenvalue weighted by atomic mass is 32.1. The standard InChI is InChI=1S/C12H13N3S/c1-9-10(2)16-12(14-9)8-13-15-11-6-4-3-5-7-11/h3-8,15H,1-2H3. The molecule has 16 heavy (non-hydrogen) atoms. The molecule has 0 aliphatic carbocycles. The normalized spacial score (nSPS) is 10.9. The van der Waals surface area contributed by atoms with Gasteiger partial charge in [0.1, 0.15) is 5.01 Å². The molecule has 0 amide bonds. The van der Waals surface area contributed by atoms with Gasteiger partial charge in [-0.1, -0.05) is 18.2 Å². The van der Waals surface area contributed by atoms with Crippen LogP contribution in [0.3, 0.4) is 0 Å². The minimum absolute atomic E-state index is 0.929. The number of nitrogens with zero attached hydrogens (tertiary/aromatic N) is 2. The Kier molecular flexibility index (Phi) is 3.31. The number of hydrogen-bond acceptors (Lipinski definition) is 4. The molecule has 1 aromatic carbocycles. The molecule has 2 rings (SSSR count). The molecule has 1 N–H and O–H groups in total. The summed E-state index contributed by atoms with van der Waals surface area (Å²) in [6.45, 7) is 4.07. The Morgan fingerprint density at radius 1 is 1.25 bits per heavy atom. The molecule has 2 aromatic rings. The average molecular weight is 231 g/mol. The number of aromatic nitrogens is 1. The van der Waals surface area contributed by atoms with E-state index in [-0.39, 0.29) is 0 Å². The average Bonchev–Trinajstić information content (AvgIpc) is 2.60. The van der Waals surface area contributed by atoms with E-state index in [0.717, 1.165) is 16.4 Å². The highest BCUT2D eigenvalue weighted by Crippen LogP contribution is 2.14. The third-order valence-electron chi connectivity index (χ3n) is 2.19. The van der Waals surface area contributed by atoms with Crippen molar-refractivity contribution in [1.29, 1.82) is 0 Å². The molecule has 0 aliphatic rings. The summed E-state index contributed by atoms with van der Waals surface area (Å²) in [6, 6.07) is 9.85. The van der Waals surface area contributed by atoms with Gasteiger partial charge in [-0.05, 0) is 26.0 Å². The highest BCUT2D eigenvalue weighted by Gasteiger charge is 1.99. The van der Waals surface area contributed by atoms with Crippen LogP contribution in [-0.2, 0) is 0 Å². The maximum Gasteiger partial charge on any atom is 0.136 e. The lowest BCUT2D eigenvalue weighted by Gasteiger charge is -1.96. The number of hydrogen-bond donors (Lipinski definition) is 1.